The van der Waals surface area contributed by atoms with E-state index >= 15 is 0 Å². The van der Waals surface area contributed by atoms with Crippen LogP contribution in [0, 0.1) is 16.0 Å². The fourth-order valence-electron chi connectivity index (χ4n) is 2.89. The summed E-state index contributed by atoms with van der Waals surface area (Å²) in [6.45, 7) is 5.78. The van der Waals surface area contributed by atoms with Crippen molar-refractivity contribution in [3.05, 3.63) is 5.21 Å². The van der Waals surface area contributed by atoms with Crippen LogP contribution in [0.3, 0.4) is 0 Å². The zero-order valence-corrected chi connectivity index (χ0v) is 9.09. The molecule has 1 saturated heterocycles. The monoisotopic (exact) mass is 198 g/mol. The number of ether oxygens (including phenoxy) is 1. The van der Waals surface area contributed by atoms with Crippen LogP contribution in [0.15, 0.2) is 0 Å². The van der Waals surface area contributed by atoms with E-state index in [4.69, 9.17) is 4.74 Å². The fraction of sp³-hybridized carbons (Fsp3) is 0.900. The van der Waals surface area contributed by atoms with Crippen LogP contribution in [0.4, 0.5) is 0 Å². The molecule has 4 nitrogen and oxygen atoms in total. The number of carbonyl (C=O) groups excluding carboxylic acids is 1. The average molecular weight is 198 g/mol. The summed E-state index contributed by atoms with van der Waals surface area (Å²) in [5.74, 6) is -0.226. The molecule has 1 aliphatic heterocycles. The topological polar surface area (TPSA) is 52.6 Å². The van der Waals surface area contributed by atoms with E-state index in [0.717, 1.165) is 11.5 Å². The maximum Gasteiger partial charge on any atom is 0.314 e. The minimum atomic E-state index is -0.932. The normalized spacial score (nSPS) is 44.6. The van der Waals surface area contributed by atoms with Crippen LogP contribution in [-0.2, 0) is 9.53 Å². The minimum Gasteiger partial charge on any atom is -0.783 e. The van der Waals surface area contributed by atoms with Gasteiger partial charge in [0.2, 0.25) is 0 Å². The molecule has 0 aromatic carbocycles. The zero-order valence-electron chi connectivity index (χ0n) is 9.09. The molecule has 0 amide bonds. The van der Waals surface area contributed by atoms with Gasteiger partial charge < -0.3 is 15.0 Å². The Kier molecular flexibility index (Phi) is 1.64. The van der Waals surface area contributed by atoms with E-state index < -0.39 is 16.6 Å². The maximum atomic E-state index is 11.7. The van der Waals surface area contributed by atoms with E-state index in [0.29, 0.717) is 6.42 Å². The molecule has 0 N–H and O–H groups in total. The minimum absolute atomic E-state index is 0.226. The van der Waals surface area contributed by atoms with Crippen LogP contribution in [-0.4, -0.2) is 23.8 Å². The first-order valence-corrected chi connectivity index (χ1v) is 4.92. The Hall–Kier alpha value is -0.610. The molecule has 80 valence electrons. The van der Waals surface area contributed by atoms with Gasteiger partial charge in [0.05, 0.1) is 5.41 Å². The summed E-state index contributed by atoms with van der Waals surface area (Å²) in [7, 11) is 1.44. The van der Waals surface area contributed by atoms with Gasteiger partial charge >= 0.3 is 5.97 Å². The summed E-state index contributed by atoms with van der Waals surface area (Å²) in [6.07, 6.45) is 1.38. The van der Waals surface area contributed by atoms with Crippen LogP contribution >= 0.6 is 0 Å². The lowest BCUT2D eigenvalue weighted by Gasteiger charge is -2.47. The van der Waals surface area contributed by atoms with Gasteiger partial charge in [0.25, 0.3) is 0 Å². The van der Waals surface area contributed by atoms with Crippen molar-refractivity contribution in [3.8, 4) is 0 Å². The summed E-state index contributed by atoms with van der Waals surface area (Å²) in [5, 5.41) is 12.4. The highest BCUT2D eigenvalue weighted by Crippen LogP contribution is 2.66. The molecule has 2 aliphatic rings. The number of esters is 1. The molecule has 4 heteroatoms. The molecule has 2 unspecified atom stereocenters. The lowest BCUT2D eigenvalue weighted by atomic mass is 9.69. The van der Waals surface area contributed by atoms with E-state index in [1.807, 2.05) is 20.8 Å². The lowest BCUT2D eigenvalue weighted by Crippen LogP contribution is -2.51. The summed E-state index contributed by atoms with van der Waals surface area (Å²) in [5.41, 5.74) is -1.84. The van der Waals surface area contributed by atoms with Crippen molar-refractivity contribution in [1.82, 2.24) is 5.06 Å². The Morgan fingerprint density at radius 2 is 1.93 bits per heavy atom. The third kappa shape index (κ3) is 0.718. The Morgan fingerprint density at radius 1 is 1.36 bits per heavy atom. The van der Waals surface area contributed by atoms with Gasteiger partial charge in [0.1, 0.15) is 0 Å². The van der Waals surface area contributed by atoms with Gasteiger partial charge in [-0.3, -0.25) is 4.79 Å². The highest BCUT2D eigenvalue weighted by molar-refractivity contribution is 5.82. The molecule has 14 heavy (non-hydrogen) atoms. The number of fused-ring (bicyclic) bond motifs is 2. The van der Waals surface area contributed by atoms with Crippen LogP contribution < -0.4 is 0 Å². The molecular weight excluding hydrogens is 182 g/mol. The van der Waals surface area contributed by atoms with Gasteiger partial charge in [0.15, 0.2) is 5.72 Å². The zero-order chi connectivity index (χ0) is 10.8. The number of carbonyl (C=O) groups is 1. The summed E-state index contributed by atoms with van der Waals surface area (Å²) in [6, 6.07) is 0. The van der Waals surface area contributed by atoms with Crippen LogP contribution in [0.25, 0.3) is 0 Å². The van der Waals surface area contributed by atoms with Gasteiger partial charge in [-0.15, -0.1) is 0 Å². The van der Waals surface area contributed by atoms with Crippen LogP contribution in [0.2, 0.25) is 0 Å². The van der Waals surface area contributed by atoms with Crippen molar-refractivity contribution in [2.24, 2.45) is 10.8 Å². The van der Waals surface area contributed by atoms with Gasteiger partial charge in [-0.2, -0.15) is 0 Å². The van der Waals surface area contributed by atoms with Gasteiger partial charge in [-0.1, -0.05) is 13.8 Å². The molecule has 1 heterocycles. The summed E-state index contributed by atoms with van der Waals surface area (Å²) >= 11 is 0. The number of hydrogen-bond acceptors (Lipinski definition) is 4. The van der Waals surface area contributed by atoms with Crippen LogP contribution in [0.5, 0.6) is 0 Å². The van der Waals surface area contributed by atoms with Crippen molar-refractivity contribution >= 4 is 5.97 Å². The molecule has 0 aromatic rings. The van der Waals surface area contributed by atoms with Crippen molar-refractivity contribution in [2.45, 2.75) is 39.3 Å². The number of rotatable bonds is 1. The molecule has 2 atom stereocenters. The predicted octanol–water partition coefficient (Wildman–Crippen LogP) is 1.50. The molecular formula is C10H16NO3-. The fourth-order valence-corrected chi connectivity index (χ4v) is 2.89. The Bertz CT molecular complexity index is 300. The molecule has 0 aromatic heterocycles. The van der Waals surface area contributed by atoms with E-state index in [1.165, 1.54) is 7.05 Å². The highest BCUT2D eigenvalue weighted by Gasteiger charge is 2.72. The SMILES string of the molecule is CN([O-])C12CCC(C)(C(=O)O1)C2(C)C. The maximum absolute atomic E-state index is 11.7. The third-order valence-corrected chi connectivity index (χ3v) is 4.54. The molecule has 0 radical (unpaired) electrons. The number of nitrogens with zero attached hydrogens (tertiary/aromatic N) is 1. The van der Waals surface area contributed by atoms with Gasteiger partial charge in [-0.05, 0) is 20.4 Å². The molecule has 2 rings (SSSR count). The van der Waals surface area contributed by atoms with Crippen molar-refractivity contribution < 1.29 is 9.53 Å². The third-order valence-electron chi connectivity index (χ3n) is 4.54. The molecule has 2 bridgehead atoms. The summed E-state index contributed by atoms with van der Waals surface area (Å²) in [4.78, 5) is 11.7. The second-order valence-electron chi connectivity index (χ2n) is 5.13. The van der Waals surface area contributed by atoms with Gasteiger partial charge in [0, 0.05) is 11.8 Å². The first-order valence-electron chi connectivity index (χ1n) is 4.92. The van der Waals surface area contributed by atoms with Crippen LogP contribution in [0.1, 0.15) is 33.6 Å². The van der Waals surface area contributed by atoms with E-state index in [1.54, 1.807) is 0 Å². The largest absolute Gasteiger partial charge is 0.783 e. The molecule has 0 spiro atoms. The Morgan fingerprint density at radius 3 is 2.14 bits per heavy atom. The second-order valence-corrected chi connectivity index (χ2v) is 5.13. The first-order chi connectivity index (χ1) is 6.28. The average Bonchev–Trinajstić information content (AvgIpc) is 2.34. The van der Waals surface area contributed by atoms with Crippen molar-refractivity contribution in [1.29, 1.82) is 0 Å². The van der Waals surface area contributed by atoms with E-state index in [2.05, 4.69) is 0 Å². The standard InChI is InChI=1S/C10H16NO3/c1-8(2)9(3)5-6-10(8,11(4)13)14-7(9)12/h5-6H2,1-4H3/q-1. The van der Waals surface area contributed by atoms with Gasteiger partial charge in [-0.25, -0.2) is 0 Å². The molecule has 1 aliphatic carbocycles. The molecule has 1 saturated carbocycles. The van der Waals surface area contributed by atoms with Crippen molar-refractivity contribution in [2.75, 3.05) is 7.05 Å². The Labute approximate surface area is 83.8 Å². The molecule has 2 fully saturated rings. The highest BCUT2D eigenvalue weighted by atomic mass is 16.6. The second kappa shape index (κ2) is 2.31. The number of hydrogen-bond donors (Lipinski definition) is 0. The first kappa shape index (κ1) is 9.93. The predicted molar refractivity (Wildman–Crippen MR) is 51.1 cm³/mol. The number of hydroxylamine groups is 2. The van der Waals surface area contributed by atoms with E-state index in [-0.39, 0.29) is 5.97 Å². The van der Waals surface area contributed by atoms with Crippen molar-refractivity contribution in [3.63, 3.8) is 0 Å². The Balaban J connectivity index is 2.54. The van der Waals surface area contributed by atoms with E-state index in [9.17, 15) is 10.0 Å². The smallest absolute Gasteiger partial charge is 0.314 e. The quantitative estimate of drug-likeness (QED) is 0.473. The summed E-state index contributed by atoms with van der Waals surface area (Å²) < 4.78 is 5.30. The lowest BCUT2D eigenvalue weighted by molar-refractivity contribution is -0.176.